The molecule has 0 radical (unpaired) electrons. The van der Waals surface area contributed by atoms with E-state index in [-0.39, 0.29) is 19.0 Å². The number of ether oxygens (including phenoxy) is 2. The number of aliphatic hydroxyl groups is 1. The van der Waals surface area contributed by atoms with Crippen molar-refractivity contribution < 1.29 is 14.6 Å². The van der Waals surface area contributed by atoms with Crippen LogP contribution in [0.25, 0.3) is 0 Å². The van der Waals surface area contributed by atoms with E-state index in [0.717, 1.165) is 0 Å². The molecular formula is C5H9BrO3. The Balaban J connectivity index is 2.20. The van der Waals surface area contributed by atoms with Gasteiger partial charge in [-0.1, -0.05) is 15.9 Å². The van der Waals surface area contributed by atoms with Gasteiger partial charge in [0.15, 0.2) is 6.29 Å². The molecule has 54 valence electrons. The van der Waals surface area contributed by atoms with Crippen LogP contribution in [-0.4, -0.2) is 36.0 Å². The molecule has 1 rings (SSSR count). The number of aliphatic hydroxyl groups excluding tert-OH is 1. The monoisotopic (exact) mass is 196 g/mol. The van der Waals surface area contributed by atoms with Gasteiger partial charge in [0.1, 0.15) is 6.10 Å². The predicted octanol–water partition coefficient (Wildman–Crippen LogP) is 0.115. The highest BCUT2D eigenvalue weighted by Crippen LogP contribution is 2.12. The number of hydrogen-bond donors (Lipinski definition) is 1. The minimum atomic E-state index is -0.165. The fraction of sp³-hybridized carbons (Fsp3) is 1.00. The van der Waals surface area contributed by atoms with Crippen LogP contribution in [-0.2, 0) is 9.47 Å². The highest BCUT2D eigenvalue weighted by Gasteiger charge is 2.23. The lowest BCUT2D eigenvalue weighted by atomic mass is 10.4. The molecule has 1 N–H and O–H groups in total. The maximum Gasteiger partial charge on any atom is 0.167 e. The van der Waals surface area contributed by atoms with Crippen LogP contribution in [0.5, 0.6) is 0 Å². The normalized spacial score (nSPS) is 35.3. The third kappa shape index (κ3) is 1.89. The zero-order valence-corrected chi connectivity index (χ0v) is 6.50. The van der Waals surface area contributed by atoms with Gasteiger partial charge in [-0.05, 0) is 0 Å². The molecule has 9 heavy (non-hydrogen) atoms. The fourth-order valence-corrected chi connectivity index (χ4v) is 1.02. The van der Waals surface area contributed by atoms with E-state index in [2.05, 4.69) is 15.9 Å². The van der Waals surface area contributed by atoms with Crippen LogP contribution in [0.2, 0.25) is 0 Å². The van der Waals surface area contributed by atoms with Gasteiger partial charge in [-0.2, -0.15) is 0 Å². The minimum absolute atomic E-state index is 0.0451. The van der Waals surface area contributed by atoms with E-state index in [1.165, 1.54) is 0 Å². The summed E-state index contributed by atoms with van der Waals surface area (Å²) in [4.78, 5) is 0. The SMILES string of the molecule is OC[C@H]1CO[C@H](CBr)O1. The average Bonchev–Trinajstić information content (AvgIpc) is 2.34. The lowest BCUT2D eigenvalue weighted by Crippen LogP contribution is -2.16. The van der Waals surface area contributed by atoms with Crippen LogP contribution in [0.15, 0.2) is 0 Å². The summed E-state index contributed by atoms with van der Waals surface area (Å²) in [5.74, 6) is 0. The summed E-state index contributed by atoms with van der Waals surface area (Å²) in [6.45, 7) is 0.552. The van der Waals surface area contributed by atoms with Gasteiger partial charge >= 0.3 is 0 Å². The summed E-state index contributed by atoms with van der Waals surface area (Å²) in [6.07, 6.45) is -0.283. The first-order chi connectivity index (χ1) is 4.36. The van der Waals surface area contributed by atoms with Crippen molar-refractivity contribution in [1.29, 1.82) is 0 Å². The second-order valence-electron chi connectivity index (χ2n) is 1.86. The highest BCUT2D eigenvalue weighted by atomic mass is 79.9. The van der Waals surface area contributed by atoms with Gasteiger partial charge in [0.25, 0.3) is 0 Å². The van der Waals surface area contributed by atoms with Crippen LogP contribution >= 0.6 is 15.9 Å². The number of hydrogen-bond acceptors (Lipinski definition) is 3. The Labute approximate surface area is 62.1 Å². The lowest BCUT2D eigenvalue weighted by Gasteiger charge is -2.04. The van der Waals surface area contributed by atoms with Gasteiger partial charge in [-0.15, -0.1) is 0 Å². The van der Waals surface area contributed by atoms with E-state index in [9.17, 15) is 0 Å². The first-order valence-corrected chi connectivity index (χ1v) is 3.93. The largest absolute Gasteiger partial charge is 0.394 e. The highest BCUT2D eigenvalue weighted by molar-refractivity contribution is 9.09. The van der Waals surface area contributed by atoms with Crippen LogP contribution in [0.1, 0.15) is 0 Å². The summed E-state index contributed by atoms with van der Waals surface area (Å²) in [5, 5.41) is 9.23. The van der Waals surface area contributed by atoms with Gasteiger partial charge in [-0.3, -0.25) is 0 Å². The van der Waals surface area contributed by atoms with E-state index >= 15 is 0 Å². The van der Waals surface area contributed by atoms with Crippen molar-refractivity contribution in [3.63, 3.8) is 0 Å². The van der Waals surface area contributed by atoms with Crippen LogP contribution in [0.3, 0.4) is 0 Å². The van der Waals surface area contributed by atoms with Crippen LogP contribution in [0, 0.1) is 0 Å². The molecule has 1 aliphatic rings. The molecule has 1 heterocycles. The van der Waals surface area contributed by atoms with Crippen molar-refractivity contribution in [2.75, 3.05) is 18.5 Å². The minimum Gasteiger partial charge on any atom is -0.394 e. The van der Waals surface area contributed by atoms with E-state index in [1.54, 1.807) is 0 Å². The molecule has 0 aliphatic carbocycles. The molecule has 2 atom stereocenters. The summed E-state index contributed by atoms with van der Waals surface area (Å²) in [7, 11) is 0. The Morgan fingerprint density at radius 1 is 1.67 bits per heavy atom. The molecule has 1 saturated heterocycles. The topological polar surface area (TPSA) is 38.7 Å². The van der Waals surface area contributed by atoms with Crippen LogP contribution < -0.4 is 0 Å². The zero-order chi connectivity index (χ0) is 6.69. The molecule has 3 nitrogen and oxygen atoms in total. The second-order valence-corrected chi connectivity index (χ2v) is 2.51. The molecule has 0 aromatic rings. The quantitative estimate of drug-likeness (QED) is 0.638. The van der Waals surface area contributed by atoms with E-state index in [0.29, 0.717) is 11.9 Å². The third-order valence-corrected chi connectivity index (χ3v) is 1.67. The van der Waals surface area contributed by atoms with Crippen molar-refractivity contribution in [1.82, 2.24) is 0 Å². The maximum absolute atomic E-state index is 8.56. The first-order valence-electron chi connectivity index (χ1n) is 2.80. The lowest BCUT2D eigenvalue weighted by molar-refractivity contribution is -0.0462. The van der Waals surface area contributed by atoms with Crippen LogP contribution in [0.4, 0.5) is 0 Å². The fourth-order valence-electron chi connectivity index (χ4n) is 0.685. The molecular weight excluding hydrogens is 188 g/mol. The molecule has 0 spiro atoms. The molecule has 1 fully saturated rings. The standard InChI is InChI=1S/C5H9BrO3/c6-1-5-8-3-4(2-7)9-5/h4-5,7H,1-3H2/t4-,5-/m0/s1. The molecule has 1 aliphatic heterocycles. The summed E-state index contributed by atoms with van der Waals surface area (Å²) in [6, 6.07) is 0. The number of rotatable bonds is 2. The predicted molar refractivity (Wildman–Crippen MR) is 35.5 cm³/mol. The second kappa shape index (κ2) is 3.51. The Hall–Kier alpha value is 0.360. The van der Waals surface area contributed by atoms with Gasteiger partial charge in [-0.25, -0.2) is 0 Å². The zero-order valence-electron chi connectivity index (χ0n) is 4.92. The van der Waals surface area contributed by atoms with Crippen molar-refractivity contribution in [2.45, 2.75) is 12.4 Å². The Bertz CT molecular complexity index is 78.3. The van der Waals surface area contributed by atoms with Gasteiger partial charge in [0, 0.05) is 0 Å². The molecule has 0 bridgehead atoms. The average molecular weight is 197 g/mol. The van der Waals surface area contributed by atoms with Crippen molar-refractivity contribution in [3.05, 3.63) is 0 Å². The Morgan fingerprint density at radius 3 is 2.78 bits per heavy atom. The molecule has 0 amide bonds. The smallest absolute Gasteiger partial charge is 0.167 e. The molecule has 0 aromatic carbocycles. The Kier molecular flexibility index (Phi) is 2.91. The first kappa shape index (κ1) is 7.47. The molecule has 4 heteroatoms. The van der Waals surface area contributed by atoms with E-state index in [4.69, 9.17) is 14.6 Å². The van der Waals surface area contributed by atoms with Gasteiger partial charge < -0.3 is 14.6 Å². The van der Waals surface area contributed by atoms with Crippen molar-refractivity contribution >= 4 is 15.9 Å². The molecule has 0 unspecified atom stereocenters. The number of alkyl halides is 1. The molecule has 0 aromatic heterocycles. The molecule has 0 saturated carbocycles. The maximum atomic E-state index is 8.56. The van der Waals surface area contributed by atoms with E-state index < -0.39 is 0 Å². The third-order valence-electron chi connectivity index (χ3n) is 1.14. The summed E-state index contributed by atoms with van der Waals surface area (Å²) >= 11 is 3.20. The summed E-state index contributed by atoms with van der Waals surface area (Å²) in [5.41, 5.74) is 0. The van der Waals surface area contributed by atoms with Gasteiger partial charge in [0.2, 0.25) is 0 Å². The Morgan fingerprint density at radius 2 is 2.44 bits per heavy atom. The van der Waals surface area contributed by atoms with Gasteiger partial charge in [0.05, 0.1) is 18.5 Å². The van der Waals surface area contributed by atoms with E-state index in [1.807, 2.05) is 0 Å². The van der Waals surface area contributed by atoms with Crippen molar-refractivity contribution in [3.8, 4) is 0 Å². The number of halogens is 1. The summed E-state index contributed by atoms with van der Waals surface area (Å²) < 4.78 is 10.2. The van der Waals surface area contributed by atoms with Crippen molar-refractivity contribution in [2.24, 2.45) is 0 Å².